The van der Waals surface area contributed by atoms with Crippen LogP contribution in [0.1, 0.15) is 61.4 Å². The number of rotatable bonds is 7. The van der Waals surface area contributed by atoms with Crippen LogP contribution in [-0.2, 0) is 11.2 Å². The van der Waals surface area contributed by atoms with Crippen LogP contribution in [0.5, 0.6) is 5.75 Å². The van der Waals surface area contributed by atoms with Crippen LogP contribution in [0.25, 0.3) is 0 Å². The fourth-order valence-electron chi connectivity index (χ4n) is 3.15. The second kappa shape index (κ2) is 9.09. The van der Waals surface area contributed by atoms with E-state index in [0.29, 0.717) is 23.8 Å². The summed E-state index contributed by atoms with van der Waals surface area (Å²) in [6.45, 7) is 8.36. The minimum atomic E-state index is -0.0582. The number of halogens is 1. The number of hydrogen-bond acceptors (Lipinski definition) is 2. The summed E-state index contributed by atoms with van der Waals surface area (Å²) >= 11 is 6.16. The first-order chi connectivity index (χ1) is 12.3. The Morgan fingerprint density at radius 2 is 1.85 bits per heavy atom. The zero-order chi connectivity index (χ0) is 19.3. The Kier molecular flexibility index (Phi) is 7.10. The maximum atomic E-state index is 12.4. The fourth-order valence-corrected chi connectivity index (χ4v) is 3.38. The van der Waals surface area contributed by atoms with Gasteiger partial charge in [-0.3, -0.25) is 4.79 Å². The van der Waals surface area contributed by atoms with E-state index in [9.17, 15) is 4.79 Å². The molecule has 1 unspecified atom stereocenters. The molecule has 1 N–H and O–H groups in total. The topological polar surface area (TPSA) is 38.3 Å². The Balaban J connectivity index is 2.07. The summed E-state index contributed by atoms with van der Waals surface area (Å²) in [6.07, 6.45) is 1.05. The van der Waals surface area contributed by atoms with Gasteiger partial charge in [-0.05, 0) is 66.6 Å². The van der Waals surface area contributed by atoms with Gasteiger partial charge in [-0.1, -0.05) is 43.6 Å². The molecule has 0 saturated heterocycles. The molecule has 0 radical (unpaired) electrons. The fraction of sp³-hybridized carbons (Fsp3) is 0.409. The summed E-state index contributed by atoms with van der Waals surface area (Å²) in [5, 5.41) is 3.82. The van der Waals surface area contributed by atoms with Crippen molar-refractivity contribution in [1.82, 2.24) is 5.32 Å². The lowest BCUT2D eigenvalue weighted by Crippen LogP contribution is -2.27. The Labute approximate surface area is 161 Å². The standard InChI is InChI=1S/C22H28ClNO2/c1-14(2)18-13-19(15(3)12-21(18)26-5)16(4)24-22(25)11-10-17-8-6-7-9-20(17)23/h6-9,12-14,16H,10-11H2,1-5H3,(H,24,25). The molecule has 0 aliphatic rings. The first kappa shape index (κ1) is 20.3. The number of aryl methyl sites for hydroxylation is 2. The van der Waals surface area contributed by atoms with Crippen LogP contribution in [0.3, 0.4) is 0 Å². The number of hydrogen-bond donors (Lipinski definition) is 1. The van der Waals surface area contributed by atoms with Crippen molar-refractivity contribution in [2.75, 3.05) is 7.11 Å². The van der Waals surface area contributed by atoms with Crippen molar-refractivity contribution in [3.8, 4) is 5.75 Å². The van der Waals surface area contributed by atoms with Crippen molar-refractivity contribution in [3.05, 3.63) is 63.7 Å². The maximum Gasteiger partial charge on any atom is 0.220 e. The summed E-state index contributed by atoms with van der Waals surface area (Å²) in [6, 6.07) is 11.8. The molecule has 0 bridgehead atoms. The molecule has 3 nitrogen and oxygen atoms in total. The highest BCUT2D eigenvalue weighted by atomic mass is 35.5. The van der Waals surface area contributed by atoms with E-state index >= 15 is 0 Å². The summed E-state index contributed by atoms with van der Waals surface area (Å²) in [7, 11) is 1.69. The molecule has 1 atom stereocenters. The van der Waals surface area contributed by atoms with Gasteiger partial charge in [0.25, 0.3) is 0 Å². The van der Waals surface area contributed by atoms with Crippen molar-refractivity contribution in [2.45, 2.75) is 52.5 Å². The second-order valence-electron chi connectivity index (χ2n) is 6.99. The molecule has 0 spiro atoms. The predicted molar refractivity (Wildman–Crippen MR) is 108 cm³/mol. The first-order valence-electron chi connectivity index (χ1n) is 9.04. The van der Waals surface area contributed by atoms with Gasteiger partial charge in [-0.15, -0.1) is 0 Å². The predicted octanol–water partition coefficient (Wildman–Crippen LogP) is 5.59. The Morgan fingerprint density at radius 1 is 1.15 bits per heavy atom. The third-order valence-electron chi connectivity index (χ3n) is 4.66. The van der Waals surface area contributed by atoms with Gasteiger partial charge in [0.05, 0.1) is 13.2 Å². The first-order valence-corrected chi connectivity index (χ1v) is 9.42. The largest absolute Gasteiger partial charge is 0.496 e. The third-order valence-corrected chi connectivity index (χ3v) is 5.03. The van der Waals surface area contributed by atoms with Crippen LogP contribution in [0, 0.1) is 6.92 Å². The van der Waals surface area contributed by atoms with Crippen LogP contribution in [0.4, 0.5) is 0 Å². The monoisotopic (exact) mass is 373 g/mol. The van der Waals surface area contributed by atoms with E-state index in [1.165, 1.54) is 0 Å². The highest BCUT2D eigenvalue weighted by molar-refractivity contribution is 6.31. The molecule has 0 aliphatic carbocycles. The number of ether oxygens (including phenoxy) is 1. The van der Waals surface area contributed by atoms with Gasteiger partial charge in [0.2, 0.25) is 5.91 Å². The van der Waals surface area contributed by atoms with Crippen LogP contribution >= 0.6 is 11.6 Å². The molecule has 0 fully saturated rings. The Morgan fingerprint density at radius 3 is 2.46 bits per heavy atom. The molecule has 26 heavy (non-hydrogen) atoms. The summed E-state index contributed by atoms with van der Waals surface area (Å²) in [5.41, 5.74) is 4.40. The summed E-state index contributed by atoms with van der Waals surface area (Å²) in [4.78, 5) is 12.4. The molecule has 140 valence electrons. The van der Waals surface area contributed by atoms with Crippen LogP contribution in [-0.4, -0.2) is 13.0 Å². The quantitative estimate of drug-likeness (QED) is 0.686. The molecular weight excluding hydrogens is 346 g/mol. The maximum absolute atomic E-state index is 12.4. The van der Waals surface area contributed by atoms with Gasteiger partial charge in [0.15, 0.2) is 0 Å². The van der Waals surface area contributed by atoms with Gasteiger partial charge in [0, 0.05) is 11.4 Å². The van der Waals surface area contributed by atoms with Crippen LogP contribution < -0.4 is 10.1 Å². The minimum Gasteiger partial charge on any atom is -0.496 e. The van der Waals surface area contributed by atoms with Crippen molar-refractivity contribution in [1.29, 1.82) is 0 Å². The molecular formula is C22H28ClNO2. The normalized spacial score (nSPS) is 12.1. The minimum absolute atomic E-state index is 0.0266. The number of carbonyl (C=O) groups is 1. The number of carbonyl (C=O) groups excluding carboxylic acids is 1. The Hall–Kier alpha value is -2.00. The number of benzene rings is 2. The van der Waals surface area contributed by atoms with Gasteiger partial charge in [-0.2, -0.15) is 0 Å². The number of nitrogens with one attached hydrogen (secondary N) is 1. The number of methoxy groups -OCH3 is 1. The van der Waals surface area contributed by atoms with E-state index < -0.39 is 0 Å². The zero-order valence-electron chi connectivity index (χ0n) is 16.2. The Bertz CT molecular complexity index is 771. The van der Waals surface area contributed by atoms with Crippen molar-refractivity contribution < 1.29 is 9.53 Å². The summed E-state index contributed by atoms with van der Waals surface area (Å²) < 4.78 is 5.50. The van der Waals surface area contributed by atoms with Crippen molar-refractivity contribution in [3.63, 3.8) is 0 Å². The number of amides is 1. The lowest BCUT2D eigenvalue weighted by Gasteiger charge is -2.21. The van der Waals surface area contributed by atoms with E-state index in [4.69, 9.17) is 16.3 Å². The zero-order valence-corrected chi connectivity index (χ0v) is 17.0. The molecule has 0 aromatic heterocycles. The van der Waals surface area contributed by atoms with Crippen LogP contribution in [0.15, 0.2) is 36.4 Å². The van der Waals surface area contributed by atoms with Gasteiger partial charge < -0.3 is 10.1 Å². The van der Waals surface area contributed by atoms with Gasteiger partial charge in [0.1, 0.15) is 5.75 Å². The van der Waals surface area contributed by atoms with Gasteiger partial charge >= 0.3 is 0 Å². The van der Waals surface area contributed by atoms with Crippen LogP contribution in [0.2, 0.25) is 5.02 Å². The van der Waals surface area contributed by atoms with Crippen molar-refractivity contribution >= 4 is 17.5 Å². The lowest BCUT2D eigenvalue weighted by atomic mass is 9.93. The molecule has 0 saturated carbocycles. The SMILES string of the molecule is COc1cc(C)c(C(C)NC(=O)CCc2ccccc2Cl)cc1C(C)C. The highest BCUT2D eigenvalue weighted by Gasteiger charge is 2.17. The van der Waals surface area contributed by atoms with E-state index in [1.54, 1.807) is 7.11 Å². The molecule has 2 aromatic carbocycles. The van der Waals surface area contributed by atoms with E-state index in [1.807, 2.05) is 38.1 Å². The second-order valence-corrected chi connectivity index (χ2v) is 7.39. The van der Waals surface area contributed by atoms with Gasteiger partial charge in [-0.25, -0.2) is 0 Å². The molecule has 4 heteroatoms. The van der Waals surface area contributed by atoms with E-state index in [2.05, 4.69) is 31.3 Å². The molecule has 1 amide bonds. The summed E-state index contributed by atoms with van der Waals surface area (Å²) in [5.74, 6) is 1.28. The smallest absolute Gasteiger partial charge is 0.220 e. The van der Waals surface area contributed by atoms with E-state index in [0.717, 1.165) is 28.0 Å². The molecule has 2 aromatic rings. The highest BCUT2D eigenvalue weighted by Crippen LogP contribution is 2.32. The third kappa shape index (κ3) is 5.01. The molecule has 2 rings (SSSR count). The average Bonchev–Trinajstić information content (AvgIpc) is 2.60. The molecule has 0 heterocycles. The molecule has 0 aliphatic heterocycles. The van der Waals surface area contributed by atoms with E-state index in [-0.39, 0.29) is 11.9 Å². The average molecular weight is 374 g/mol. The van der Waals surface area contributed by atoms with Crippen molar-refractivity contribution in [2.24, 2.45) is 0 Å². The lowest BCUT2D eigenvalue weighted by molar-refractivity contribution is -0.121.